The highest BCUT2D eigenvalue weighted by Crippen LogP contribution is 2.26. The Morgan fingerprint density at radius 3 is 2.50 bits per heavy atom. The number of piperazine rings is 1. The second-order valence-electron chi connectivity index (χ2n) is 7.35. The van der Waals surface area contributed by atoms with E-state index in [-0.39, 0.29) is 31.3 Å². The van der Waals surface area contributed by atoms with Crippen molar-refractivity contribution in [2.24, 2.45) is 0 Å². The van der Waals surface area contributed by atoms with Gasteiger partial charge < -0.3 is 23.7 Å². The fourth-order valence-electron chi connectivity index (χ4n) is 3.33. The van der Waals surface area contributed by atoms with Crippen molar-refractivity contribution in [1.29, 1.82) is 0 Å². The van der Waals surface area contributed by atoms with Gasteiger partial charge in [0.25, 0.3) is 0 Å². The van der Waals surface area contributed by atoms with Crippen LogP contribution in [0.2, 0.25) is 0 Å². The van der Waals surface area contributed by atoms with Crippen LogP contribution in [0, 0.1) is 6.92 Å². The number of rotatable bonds is 7. The van der Waals surface area contributed by atoms with E-state index in [2.05, 4.69) is 4.98 Å². The molecule has 0 atom stereocenters. The highest BCUT2D eigenvalue weighted by molar-refractivity contribution is 7.91. The number of ether oxygens (including phenoxy) is 2. The number of hydrogen-bond acceptors (Lipinski definition) is 8. The number of hydrogen-bond donors (Lipinski definition) is 0. The summed E-state index contributed by atoms with van der Waals surface area (Å²) in [4.78, 5) is 31.6. The lowest BCUT2D eigenvalue weighted by atomic mass is 10.2. The second kappa shape index (κ2) is 10.0. The number of oxazole rings is 1. The molecule has 1 aromatic heterocycles. The first-order valence-electron chi connectivity index (χ1n) is 10.2. The molecule has 2 heterocycles. The van der Waals surface area contributed by atoms with Gasteiger partial charge in [-0.05, 0) is 32.0 Å². The number of benzene rings is 1. The number of sulfone groups is 1. The van der Waals surface area contributed by atoms with E-state index in [1.807, 2.05) is 0 Å². The average Bonchev–Trinajstić information content (AvgIpc) is 3.13. The number of aromatic nitrogens is 1. The molecule has 32 heavy (non-hydrogen) atoms. The number of carbonyl (C=O) groups excluding carboxylic acids is 2. The van der Waals surface area contributed by atoms with Gasteiger partial charge in [-0.1, -0.05) is 6.07 Å². The molecule has 0 bridgehead atoms. The van der Waals surface area contributed by atoms with Gasteiger partial charge in [0.2, 0.25) is 11.8 Å². The minimum Gasteiger partial charge on any atom is -0.497 e. The predicted octanol–water partition coefficient (Wildman–Crippen LogP) is 1.87. The zero-order valence-corrected chi connectivity index (χ0v) is 19.2. The van der Waals surface area contributed by atoms with Gasteiger partial charge in [-0.25, -0.2) is 18.2 Å². The van der Waals surface area contributed by atoms with Crippen molar-refractivity contribution in [3.63, 3.8) is 0 Å². The largest absolute Gasteiger partial charge is 0.497 e. The van der Waals surface area contributed by atoms with E-state index in [0.717, 1.165) is 0 Å². The zero-order valence-electron chi connectivity index (χ0n) is 18.4. The molecule has 1 aliphatic heterocycles. The predicted molar refractivity (Wildman–Crippen MR) is 116 cm³/mol. The maximum atomic E-state index is 12.7. The van der Waals surface area contributed by atoms with Crippen LogP contribution < -0.4 is 4.74 Å². The third-order valence-electron chi connectivity index (χ3n) is 5.07. The Bertz CT molecular complexity index is 1070. The van der Waals surface area contributed by atoms with Crippen LogP contribution in [0.1, 0.15) is 18.4 Å². The fourth-order valence-corrected chi connectivity index (χ4v) is 4.68. The summed E-state index contributed by atoms with van der Waals surface area (Å²) in [6.45, 7) is 4.76. The molecule has 1 aromatic carbocycles. The summed E-state index contributed by atoms with van der Waals surface area (Å²) in [6, 6.07) is 7.09. The normalized spacial score (nSPS) is 14.3. The van der Waals surface area contributed by atoms with Crippen molar-refractivity contribution < 1.29 is 31.9 Å². The highest BCUT2D eigenvalue weighted by Gasteiger charge is 2.29. The van der Waals surface area contributed by atoms with Crippen LogP contribution in [0.25, 0.3) is 11.5 Å². The summed E-state index contributed by atoms with van der Waals surface area (Å²) < 4.78 is 41.1. The quantitative estimate of drug-likeness (QED) is 0.608. The van der Waals surface area contributed by atoms with Gasteiger partial charge in [0.1, 0.15) is 17.3 Å². The number of carbonyl (C=O) groups is 2. The molecule has 0 N–H and O–H groups in total. The summed E-state index contributed by atoms with van der Waals surface area (Å²) >= 11 is 0. The summed E-state index contributed by atoms with van der Waals surface area (Å²) in [5, 5.41) is 0. The van der Waals surface area contributed by atoms with Crippen LogP contribution in [0.3, 0.4) is 0 Å². The number of amides is 2. The Hall–Kier alpha value is -3.08. The molecule has 2 aromatic rings. The van der Waals surface area contributed by atoms with Gasteiger partial charge in [-0.2, -0.15) is 0 Å². The molecule has 0 radical (unpaired) electrons. The lowest BCUT2D eigenvalue weighted by Gasteiger charge is -2.34. The minimum atomic E-state index is -3.77. The Balaban J connectivity index is 1.61. The summed E-state index contributed by atoms with van der Waals surface area (Å²) in [5.74, 6) is -0.243. The van der Waals surface area contributed by atoms with E-state index >= 15 is 0 Å². The van der Waals surface area contributed by atoms with Gasteiger partial charge in [-0.15, -0.1) is 0 Å². The standard InChI is InChI=1S/C21H27N3O7S/c1-4-30-21(26)24-10-8-23(9-11-24)19(25)14-32(27,28)13-18-15(2)31-20(22-18)16-6-5-7-17(12-16)29-3/h5-7,12H,4,8-11,13-14H2,1-3H3. The van der Waals surface area contributed by atoms with E-state index in [0.29, 0.717) is 30.2 Å². The molecule has 0 saturated carbocycles. The minimum absolute atomic E-state index is 0.260. The topological polar surface area (TPSA) is 119 Å². The Morgan fingerprint density at radius 2 is 1.84 bits per heavy atom. The lowest BCUT2D eigenvalue weighted by Crippen LogP contribution is -2.51. The van der Waals surface area contributed by atoms with Gasteiger partial charge in [-0.3, -0.25) is 4.79 Å². The van der Waals surface area contributed by atoms with Crippen molar-refractivity contribution in [1.82, 2.24) is 14.8 Å². The molecule has 0 unspecified atom stereocenters. The first-order chi connectivity index (χ1) is 15.2. The third kappa shape index (κ3) is 5.78. The third-order valence-corrected chi connectivity index (χ3v) is 6.47. The highest BCUT2D eigenvalue weighted by atomic mass is 32.2. The smallest absolute Gasteiger partial charge is 0.409 e. The maximum Gasteiger partial charge on any atom is 0.409 e. The molecule has 1 saturated heterocycles. The van der Waals surface area contributed by atoms with E-state index in [1.54, 1.807) is 45.2 Å². The second-order valence-corrected chi connectivity index (χ2v) is 9.42. The van der Waals surface area contributed by atoms with Crippen LogP contribution in [0.5, 0.6) is 5.75 Å². The van der Waals surface area contributed by atoms with Crippen molar-refractivity contribution in [2.45, 2.75) is 19.6 Å². The van der Waals surface area contributed by atoms with Crippen LogP contribution in [-0.2, 0) is 25.1 Å². The lowest BCUT2D eigenvalue weighted by molar-refractivity contribution is -0.130. The molecular formula is C21H27N3O7S. The van der Waals surface area contributed by atoms with Crippen molar-refractivity contribution in [3.05, 3.63) is 35.7 Å². The van der Waals surface area contributed by atoms with Crippen molar-refractivity contribution in [3.8, 4) is 17.2 Å². The van der Waals surface area contributed by atoms with E-state index in [1.165, 1.54) is 9.80 Å². The first kappa shape index (κ1) is 23.6. The number of nitrogens with zero attached hydrogens (tertiary/aromatic N) is 3. The fraction of sp³-hybridized carbons (Fsp3) is 0.476. The maximum absolute atomic E-state index is 12.7. The summed E-state index contributed by atoms with van der Waals surface area (Å²) in [5.41, 5.74) is 0.925. The van der Waals surface area contributed by atoms with E-state index in [4.69, 9.17) is 13.9 Å². The monoisotopic (exact) mass is 465 g/mol. The van der Waals surface area contributed by atoms with Gasteiger partial charge in [0, 0.05) is 31.7 Å². The van der Waals surface area contributed by atoms with E-state index < -0.39 is 33.3 Å². The number of aryl methyl sites for hydroxylation is 1. The molecule has 174 valence electrons. The van der Waals surface area contributed by atoms with Crippen molar-refractivity contribution in [2.75, 3.05) is 45.6 Å². The molecule has 10 nitrogen and oxygen atoms in total. The van der Waals surface area contributed by atoms with Crippen LogP contribution >= 0.6 is 0 Å². The summed E-state index contributed by atoms with van der Waals surface area (Å²) in [7, 11) is -2.22. The zero-order chi connectivity index (χ0) is 23.3. The van der Waals surface area contributed by atoms with Crippen LogP contribution in [0.4, 0.5) is 4.79 Å². The van der Waals surface area contributed by atoms with Gasteiger partial charge >= 0.3 is 6.09 Å². The molecular weight excluding hydrogens is 438 g/mol. The summed E-state index contributed by atoms with van der Waals surface area (Å²) in [6.07, 6.45) is -0.430. The van der Waals surface area contributed by atoms with Crippen molar-refractivity contribution >= 4 is 21.8 Å². The molecule has 11 heteroatoms. The Morgan fingerprint density at radius 1 is 1.16 bits per heavy atom. The molecule has 2 amide bonds. The molecule has 0 spiro atoms. The van der Waals surface area contributed by atoms with Gasteiger partial charge in [0.15, 0.2) is 9.84 Å². The van der Waals surface area contributed by atoms with Crippen LogP contribution in [0.15, 0.2) is 28.7 Å². The van der Waals surface area contributed by atoms with Crippen LogP contribution in [-0.4, -0.2) is 80.9 Å². The number of methoxy groups -OCH3 is 1. The SMILES string of the molecule is CCOC(=O)N1CCN(C(=O)CS(=O)(=O)Cc2nc(-c3cccc(OC)c3)oc2C)CC1. The molecule has 0 aliphatic carbocycles. The average molecular weight is 466 g/mol. The Kier molecular flexibility index (Phi) is 7.39. The molecule has 1 aliphatic rings. The Labute approximate surface area is 187 Å². The first-order valence-corrected chi connectivity index (χ1v) is 12.0. The molecule has 1 fully saturated rings. The van der Waals surface area contributed by atoms with Gasteiger partial charge in [0.05, 0.1) is 25.2 Å². The molecule has 3 rings (SSSR count). The van der Waals surface area contributed by atoms with E-state index in [9.17, 15) is 18.0 Å².